The van der Waals surface area contributed by atoms with E-state index in [1.807, 2.05) is 6.07 Å². The van der Waals surface area contributed by atoms with Gasteiger partial charge in [0.25, 0.3) is 0 Å². The Balaban J connectivity index is 1.56. The molecule has 0 bridgehead atoms. The predicted molar refractivity (Wildman–Crippen MR) is 111 cm³/mol. The molecule has 2 aromatic carbocycles. The molecule has 0 amide bonds. The zero-order valence-corrected chi connectivity index (χ0v) is 16.3. The smallest absolute Gasteiger partial charge is 0.191 e. The normalized spacial score (nSPS) is 11.9. The number of aliphatic imine (C=N–C) groups is 1. The third-order valence-electron chi connectivity index (χ3n) is 4.43. The fraction of sp³-hybridized carbons (Fsp3) is 0.364. The van der Waals surface area contributed by atoms with Crippen molar-refractivity contribution in [1.82, 2.24) is 15.8 Å². The lowest BCUT2D eigenvalue weighted by atomic mass is 10.1. The summed E-state index contributed by atoms with van der Waals surface area (Å²) in [6.07, 6.45) is 0.940. The highest BCUT2D eigenvalue weighted by molar-refractivity contribution is 5.83. The van der Waals surface area contributed by atoms with Crippen LogP contribution < -0.4 is 10.6 Å². The molecular formula is C22H28N4O. The van der Waals surface area contributed by atoms with Gasteiger partial charge in [0.2, 0.25) is 0 Å². The Morgan fingerprint density at radius 2 is 1.89 bits per heavy atom. The first kappa shape index (κ1) is 19.0. The molecule has 0 saturated heterocycles. The molecule has 5 heteroatoms. The monoisotopic (exact) mass is 364 g/mol. The summed E-state index contributed by atoms with van der Waals surface area (Å²) < 4.78 is 5.36. The van der Waals surface area contributed by atoms with Crippen LogP contribution >= 0.6 is 0 Å². The van der Waals surface area contributed by atoms with Crippen molar-refractivity contribution in [3.05, 3.63) is 65.5 Å². The van der Waals surface area contributed by atoms with Gasteiger partial charge in [0.05, 0.1) is 5.69 Å². The highest BCUT2D eigenvalue weighted by atomic mass is 16.5. The van der Waals surface area contributed by atoms with Crippen LogP contribution in [0.3, 0.4) is 0 Å². The van der Waals surface area contributed by atoms with Crippen molar-refractivity contribution in [2.75, 3.05) is 13.1 Å². The molecule has 0 radical (unpaired) electrons. The summed E-state index contributed by atoms with van der Waals surface area (Å²) in [5.74, 6) is 1.94. The highest BCUT2D eigenvalue weighted by Gasteiger charge is 2.07. The van der Waals surface area contributed by atoms with Gasteiger partial charge in [-0.3, -0.25) is 0 Å². The van der Waals surface area contributed by atoms with E-state index in [0.717, 1.165) is 36.9 Å². The second kappa shape index (κ2) is 9.21. The summed E-state index contributed by atoms with van der Waals surface area (Å²) in [5.41, 5.74) is 2.28. The maximum Gasteiger partial charge on any atom is 0.191 e. The second-order valence-corrected chi connectivity index (χ2v) is 6.93. The number of fused-ring (bicyclic) bond motifs is 1. The van der Waals surface area contributed by atoms with E-state index in [1.54, 1.807) is 0 Å². The van der Waals surface area contributed by atoms with Gasteiger partial charge in [-0.25, -0.2) is 4.99 Å². The van der Waals surface area contributed by atoms with Gasteiger partial charge in [0, 0.05) is 19.2 Å². The van der Waals surface area contributed by atoms with E-state index in [2.05, 4.69) is 84.0 Å². The van der Waals surface area contributed by atoms with E-state index in [1.165, 1.54) is 16.3 Å². The Kier molecular flexibility index (Phi) is 6.47. The van der Waals surface area contributed by atoms with Gasteiger partial charge in [-0.15, -0.1) is 0 Å². The molecule has 0 unspecified atom stereocenters. The minimum atomic E-state index is 0.361. The Morgan fingerprint density at radius 1 is 1.07 bits per heavy atom. The average Bonchev–Trinajstić information content (AvgIpc) is 3.15. The molecular weight excluding hydrogens is 336 g/mol. The van der Waals surface area contributed by atoms with E-state index in [0.29, 0.717) is 12.5 Å². The van der Waals surface area contributed by atoms with Crippen LogP contribution in [0.25, 0.3) is 10.8 Å². The van der Waals surface area contributed by atoms with Crippen LogP contribution in [0, 0.1) is 0 Å². The molecule has 0 spiro atoms. The Hall–Kier alpha value is -2.82. The number of hydrogen-bond acceptors (Lipinski definition) is 3. The predicted octanol–water partition coefficient (Wildman–Crippen LogP) is 4.25. The van der Waals surface area contributed by atoms with Crippen LogP contribution in [-0.2, 0) is 13.0 Å². The molecule has 0 aliphatic carbocycles. The van der Waals surface area contributed by atoms with E-state index >= 15 is 0 Å². The number of nitrogens with one attached hydrogen (secondary N) is 2. The van der Waals surface area contributed by atoms with E-state index in [4.69, 9.17) is 4.52 Å². The summed E-state index contributed by atoms with van der Waals surface area (Å²) in [6.45, 7) is 8.37. The van der Waals surface area contributed by atoms with Gasteiger partial charge < -0.3 is 15.2 Å². The molecule has 2 N–H and O–H groups in total. The Bertz CT molecular complexity index is 898. The van der Waals surface area contributed by atoms with Crippen LogP contribution in [0.4, 0.5) is 0 Å². The van der Waals surface area contributed by atoms with Crippen molar-refractivity contribution in [1.29, 1.82) is 0 Å². The first-order valence-corrected chi connectivity index (χ1v) is 9.61. The average molecular weight is 364 g/mol. The zero-order valence-electron chi connectivity index (χ0n) is 16.3. The van der Waals surface area contributed by atoms with E-state index in [-0.39, 0.29) is 0 Å². The number of guanidine groups is 1. The van der Waals surface area contributed by atoms with Crippen molar-refractivity contribution in [3.8, 4) is 0 Å². The molecule has 3 aromatic rings. The van der Waals surface area contributed by atoms with Gasteiger partial charge in [0.1, 0.15) is 6.54 Å². The Morgan fingerprint density at radius 3 is 2.63 bits per heavy atom. The van der Waals surface area contributed by atoms with Crippen LogP contribution in [0.5, 0.6) is 0 Å². The molecule has 0 saturated carbocycles. The van der Waals surface area contributed by atoms with Gasteiger partial charge in [0.15, 0.2) is 11.7 Å². The third kappa shape index (κ3) is 5.33. The lowest BCUT2D eigenvalue weighted by molar-refractivity contribution is 0.376. The second-order valence-electron chi connectivity index (χ2n) is 6.93. The highest BCUT2D eigenvalue weighted by Crippen LogP contribution is 2.16. The van der Waals surface area contributed by atoms with Crippen LogP contribution in [-0.4, -0.2) is 24.2 Å². The number of nitrogens with zero attached hydrogens (tertiary/aromatic N) is 2. The molecule has 0 atom stereocenters. The van der Waals surface area contributed by atoms with Crippen LogP contribution in [0.2, 0.25) is 0 Å². The molecule has 1 heterocycles. The summed E-state index contributed by atoms with van der Waals surface area (Å²) in [6, 6.07) is 17.0. The lowest BCUT2D eigenvalue weighted by Gasteiger charge is -2.11. The summed E-state index contributed by atoms with van der Waals surface area (Å²) in [5, 5.41) is 13.3. The van der Waals surface area contributed by atoms with Crippen molar-refractivity contribution in [3.63, 3.8) is 0 Å². The molecule has 3 rings (SSSR count). The first-order valence-electron chi connectivity index (χ1n) is 9.61. The van der Waals surface area contributed by atoms with Crippen molar-refractivity contribution in [2.45, 2.75) is 39.7 Å². The van der Waals surface area contributed by atoms with Crippen LogP contribution in [0.1, 0.15) is 43.7 Å². The van der Waals surface area contributed by atoms with Gasteiger partial charge in [-0.2, -0.15) is 0 Å². The van der Waals surface area contributed by atoms with Gasteiger partial charge >= 0.3 is 0 Å². The largest absolute Gasteiger partial charge is 0.359 e. The molecule has 0 fully saturated rings. The zero-order chi connectivity index (χ0) is 19.1. The van der Waals surface area contributed by atoms with Gasteiger partial charge in [-0.1, -0.05) is 61.5 Å². The summed E-state index contributed by atoms with van der Waals surface area (Å²) in [7, 11) is 0. The topological polar surface area (TPSA) is 62.5 Å². The number of benzene rings is 2. The Labute approximate surface area is 160 Å². The van der Waals surface area contributed by atoms with E-state index in [9.17, 15) is 0 Å². The van der Waals surface area contributed by atoms with Crippen LogP contribution in [0.15, 0.2) is 58.0 Å². The fourth-order valence-electron chi connectivity index (χ4n) is 2.89. The molecule has 0 aliphatic heterocycles. The molecule has 142 valence electrons. The maximum atomic E-state index is 5.36. The van der Waals surface area contributed by atoms with Crippen molar-refractivity contribution < 1.29 is 4.52 Å². The molecule has 1 aromatic heterocycles. The lowest BCUT2D eigenvalue weighted by Crippen LogP contribution is -2.38. The summed E-state index contributed by atoms with van der Waals surface area (Å²) in [4.78, 5) is 4.60. The number of hydrogen-bond donors (Lipinski definition) is 2. The van der Waals surface area contributed by atoms with Gasteiger partial charge in [-0.05, 0) is 35.6 Å². The minimum Gasteiger partial charge on any atom is -0.359 e. The molecule has 0 aliphatic rings. The standard InChI is InChI=1S/C22H28N4O/c1-4-23-22(25-15-20-14-21(16(2)3)26-27-20)24-12-11-17-9-10-18-7-5-6-8-19(18)13-17/h5-10,13-14,16H,4,11-12,15H2,1-3H3,(H2,23,24,25). The number of rotatable bonds is 7. The molecule has 27 heavy (non-hydrogen) atoms. The number of aromatic nitrogens is 1. The van der Waals surface area contributed by atoms with Crippen molar-refractivity contribution in [2.24, 2.45) is 4.99 Å². The summed E-state index contributed by atoms with van der Waals surface area (Å²) >= 11 is 0. The SMILES string of the molecule is CCNC(=NCc1cc(C(C)C)no1)NCCc1ccc2ccccc2c1. The first-order chi connectivity index (χ1) is 13.2. The minimum absolute atomic E-state index is 0.361. The van der Waals surface area contributed by atoms with Crippen molar-refractivity contribution >= 4 is 16.7 Å². The molecule has 5 nitrogen and oxygen atoms in total. The fourth-order valence-corrected chi connectivity index (χ4v) is 2.89. The van der Waals surface area contributed by atoms with E-state index < -0.39 is 0 Å². The third-order valence-corrected chi connectivity index (χ3v) is 4.43. The quantitative estimate of drug-likeness (QED) is 0.486. The maximum absolute atomic E-state index is 5.36.